The van der Waals surface area contributed by atoms with Crippen LogP contribution in [0.25, 0.3) is 11.3 Å². The Bertz CT molecular complexity index is 904. The molecule has 0 saturated heterocycles. The van der Waals surface area contributed by atoms with E-state index < -0.39 is 0 Å². The zero-order valence-electron chi connectivity index (χ0n) is 15.9. The summed E-state index contributed by atoms with van der Waals surface area (Å²) in [4.78, 5) is 16.5. The number of benzene rings is 2. The fraction of sp³-hybridized carbons (Fsp3) is 0.273. The van der Waals surface area contributed by atoms with Gasteiger partial charge in [-0.15, -0.1) is 0 Å². The van der Waals surface area contributed by atoms with E-state index in [2.05, 4.69) is 10.3 Å². The molecule has 146 valence electrons. The average molecular weight is 399 g/mol. The highest BCUT2D eigenvalue weighted by Crippen LogP contribution is 2.24. The van der Waals surface area contributed by atoms with Crippen molar-refractivity contribution in [3.05, 3.63) is 71.2 Å². The number of carbonyl (C=O) groups is 1. The lowest BCUT2D eigenvalue weighted by Crippen LogP contribution is -2.26. The molecule has 0 saturated carbocycles. The fourth-order valence-electron chi connectivity index (χ4n) is 2.81. The van der Waals surface area contributed by atoms with Crippen molar-refractivity contribution in [3.63, 3.8) is 0 Å². The van der Waals surface area contributed by atoms with Crippen molar-refractivity contribution in [2.75, 3.05) is 6.61 Å². The third-order valence-corrected chi connectivity index (χ3v) is 4.57. The van der Waals surface area contributed by atoms with Gasteiger partial charge in [0.05, 0.1) is 18.8 Å². The van der Waals surface area contributed by atoms with Crippen LogP contribution in [0, 0.1) is 0 Å². The summed E-state index contributed by atoms with van der Waals surface area (Å²) in [6, 6.07) is 15.0. The minimum absolute atomic E-state index is 0.0525. The van der Waals surface area contributed by atoms with E-state index in [1.807, 2.05) is 62.4 Å². The summed E-state index contributed by atoms with van der Waals surface area (Å²) >= 11 is 5.90. The maximum Gasteiger partial charge on any atom is 0.220 e. The molecule has 1 atom stereocenters. The van der Waals surface area contributed by atoms with Crippen LogP contribution in [0.2, 0.25) is 5.02 Å². The number of halogens is 1. The second-order valence-corrected chi connectivity index (χ2v) is 6.85. The van der Waals surface area contributed by atoms with Crippen LogP contribution in [0.1, 0.15) is 37.8 Å². The highest BCUT2D eigenvalue weighted by atomic mass is 35.5. The van der Waals surface area contributed by atoms with E-state index in [1.54, 1.807) is 6.20 Å². The number of nitrogens with one attached hydrogen (secondary N) is 1. The number of amides is 1. The first-order valence-corrected chi connectivity index (χ1v) is 9.65. The Labute approximate surface area is 169 Å². The van der Waals surface area contributed by atoms with Crippen molar-refractivity contribution >= 4 is 17.5 Å². The minimum Gasteiger partial charge on any atom is -0.494 e. The molecule has 3 aromatic rings. The third-order valence-electron chi connectivity index (χ3n) is 4.32. The molecule has 0 aliphatic carbocycles. The van der Waals surface area contributed by atoms with Crippen LogP contribution in [0.15, 0.2) is 59.1 Å². The Morgan fingerprint density at radius 2 is 1.89 bits per heavy atom. The maximum absolute atomic E-state index is 12.2. The van der Waals surface area contributed by atoms with E-state index in [0.717, 1.165) is 16.9 Å². The Morgan fingerprint density at radius 3 is 2.57 bits per heavy atom. The molecule has 0 radical (unpaired) electrons. The van der Waals surface area contributed by atoms with Crippen molar-refractivity contribution in [2.24, 2.45) is 0 Å². The van der Waals surface area contributed by atoms with E-state index in [4.69, 9.17) is 20.8 Å². The minimum atomic E-state index is -0.0891. The summed E-state index contributed by atoms with van der Waals surface area (Å²) in [7, 11) is 0. The van der Waals surface area contributed by atoms with Crippen molar-refractivity contribution in [1.29, 1.82) is 0 Å². The second-order valence-electron chi connectivity index (χ2n) is 6.42. The Hall–Kier alpha value is -2.79. The number of hydrogen-bond acceptors (Lipinski definition) is 4. The van der Waals surface area contributed by atoms with Crippen LogP contribution >= 0.6 is 11.6 Å². The molecule has 0 aliphatic rings. The van der Waals surface area contributed by atoms with Crippen molar-refractivity contribution in [2.45, 2.75) is 32.7 Å². The van der Waals surface area contributed by atoms with E-state index in [0.29, 0.717) is 36.1 Å². The van der Waals surface area contributed by atoms with Crippen molar-refractivity contribution in [1.82, 2.24) is 10.3 Å². The summed E-state index contributed by atoms with van der Waals surface area (Å²) < 4.78 is 11.2. The van der Waals surface area contributed by atoms with Crippen LogP contribution in [-0.4, -0.2) is 17.5 Å². The highest BCUT2D eigenvalue weighted by molar-refractivity contribution is 6.30. The number of nitrogens with zero attached hydrogens (tertiary/aromatic N) is 1. The summed E-state index contributed by atoms with van der Waals surface area (Å²) in [5, 5.41) is 3.65. The summed E-state index contributed by atoms with van der Waals surface area (Å²) in [6.07, 6.45) is 2.43. The maximum atomic E-state index is 12.2. The second kappa shape index (κ2) is 9.42. The van der Waals surface area contributed by atoms with Gasteiger partial charge in [0.15, 0.2) is 11.7 Å². The lowest BCUT2D eigenvalue weighted by atomic mass is 10.1. The van der Waals surface area contributed by atoms with Gasteiger partial charge in [0.2, 0.25) is 5.91 Å². The molecule has 1 aromatic heterocycles. The molecule has 1 amide bonds. The number of hydrogen-bond donors (Lipinski definition) is 1. The molecule has 6 heteroatoms. The van der Waals surface area contributed by atoms with Gasteiger partial charge in [0, 0.05) is 23.4 Å². The van der Waals surface area contributed by atoms with Gasteiger partial charge in [0.1, 0.15) is 5.75 Å². The van der Waals surface area contributed by atoms with Gasteiger partial charge < -0.3 is 14.5 Å². The lowest BCUT2D eigenvalue weighted by molar-refractivity contribution is -0.121. The predicted molar refractivity (Wildman–Crippen MR) is 109 cm³/mol. The molecule has 1 heterocycles. The molecule has 0 spiro atoms. The number of oxazole rings is 1. The van der Waals surface area contributed by atoms with Crippen LogP contribution in [-0.2, 0) is 11.2 Å². The van der Waals surface area contributed by atoms with Gasteiger partial charge in [0.25, 0.3) is 0 Å². The molecule has 0 bridgehead atoms. The van der Waals surface area contributed by atoms with E-state index in [9.17, 15) is 4.79 Å². The van der Waals surface area contributed by atoms with E-state index in [1.165, 1.54) is 0 Å². The zero-order chi connectivity index (χ0) is 19.9. The van der Waals surface area contributed by atoms with Gasteiger partial charge >= 0.3 is 0 Å². The molecule has 5 nitrogen and oxygen atoms in total. The monoisotopic (exact) mass is 398 g/mol. The molecule has 2 aromatic carbocycles. The van der Waals surface area contributed by atoms with Crippen LogP contribution in [0.3, 0.4) is 0 Å². The Kier molecular flexibility index (Phi) is 6.71. The molecule has 0 fully saturated rings. The molecular weight excluding hydrogens is 376 g/mol. The standard InChI is InChI=1S/C22H23ClN2O3/c1-3-27-19-10-6-17(7-11-19)20-14-24-22(28-20)13-12-21(26)25-15(2)16-4-8-18(23)9-5-16/h4-11,14-15H,3,12-13H2,1-2H3,(H,25,26). The number of aromatic nitrogens is 1. The van der Waals surface area contributed by atoms with Gasteiger partial charge in [-0.25, -0.2) is 4.98 Å². The smallest absolute Gasteiger partial charge is 0.220 e. The van der Waals surface area contributed by atoms with E-state index >= 15 is 0 Å². The van der Waals surface area contributed by atoms with Crippen molar-refractivity contribution in [3.8, 4) is 17.1 Å². The highest BCUT2D eigenvalue weighted by Gasteiger charge is 2.12. The normalized spacial score (nSPS) is 11.8. The average Bonchev–Trinajstić information content (AvgIpc) is 3.17. The molecule has 0 aliphatic heterocycles. The molecular formula is C22H23ClN2O3. The number of aryl methyl sites for hydroxylation is 1. The fourth-order valence-corrected chi connectivity index (χ4v) is 2.94. The van der Waals surface area contributed by atoms with Gasteiger partial charge in [-0.3, -0.25) is 4.79 Å². The third kappa shape index (κ3) is 5.36. The van der Waals surface area contributed by atoms with Crippen LogP contribution < -0.4 is 10.1 Å². The molecule has 3 rings (SSSR count). The first-order chi connectivity index (χ1) is 13.5. The number of carbonyl (C=O) groups excluding carboxylic acids is 1. The quantitative estimate of drug-likeness (QED) is 0.566. The summed E-state index contributed by atoms with van der Waals surface area (Å²) in [5.41, 5.74) is 1.93. The van der Waals surface area contributed by atoms with Crippen LogP contribution in [0.5, 0.6) is 5.75 Å². The SMILES string of the molecule is CCOc1ccc(-c2cnc(CCC(=O)NC(C)c3ccc(Cl)cc3)o2)cc1. The first-order valence-electron chi connectivity index (χ1n) is 9.28. The predicted octanol–water partition coefficient (Wildman–Crippen LogP) is 5.20. The molecule has 28 heavy (non-hydrogen) atoms. The topological polar surface area (TPSA) is 64.4 Å². The zero-order valence-corrected chi connectivity index (χ0v) is 16.7. The first kappa shape index (κ1) is 20.0. The van der Waals surface area contributed by atoms with Gasteiger partial charge in [-0.05, 0) is 55.8 Å². The molecule has 1 unspecified atom stereocenters. The summed E-state index contributed by atoms with van der Waals surface area (Å²) in [5.74, 6) is 1.98. The largest absolute Gasteiger partial charge is 0.494 e. The molecule has 1 N–H and O–H groups in total. The van der Waals surface area contributed by atoms with Gasteiger partial charge in [-0.2, -0.15) is 0 Å². The number of rotatable bonds is 8. The van der Waals surface area contributed by atoms with Crippen LogP contribution in [0.4, 0.5) is 0 Å². The summed E-state index contributed by atoms with van der Waals surface area (Å²) in [6.45, 7) is 4.52. The number of ether oxygens (including phenoxy) is 1. The van der Waals surface area contributed by atoms with Gasteiger partial charge in [-0.1, -0.05) is 23.7 Å². The Morgan fingerprint density at radius 1 is 1.18 bits per heavy atom. The van der Waals surface area contributed by atoms with E-state index in [-0.39, 0.29) is 11.9 Å². The lowest BCUT2D eigenvalue weighted by Gasteiger charge is -2.14. The Balaban J connectivity index is 1.52. The van der Waals surface area contributed by atoms with Crippen molar-refractivity contribution < 1.29 is 13.9 Å².